The second kappa shape index (κ2) is 8.75. The number of esters is 1. The Morgan fingerprint density at radius 3 is 2.46 bits per heavy atom. The number of aryl methyl sites for hydroxylation is 3. The molecule has 0 spiro atoms. The van der Waals surface area contributed by atoms with Crippen LogP contribution in [-0.4, -0.2) is 22.9 Å². The summed E-state index contributed by atoms with van der Waals surface area (Å²) < 4.78 is 6.82. The molecule has 2 unspecified atom stereocenters. The molecule has 1 aliphatic heterocycles. The van der Waals surface area contributed by atoms with E-state index in [1.807, 2.05) is 51.1 Å². The number of rotatable bonds is 5. The Labute approximate surface area is 179 Å². The standard InChI is InChI=1S/C23H25BrO3S/c1-13-9-14(2)21(15(3)10-13)22-18(25)11-19(27-23(22)26)16(4)12-28-20-8-6-5-7-17(20)24/h5-10,16,19,25H,11-12H2,1-4H3. The van der Waals surface area contributed by atoms with E-state index in [1.54, 1.807) is 11.8 Å². The van der Waals surface area contributed by atoms with Crippen molar-refractivity contribution in [2.75, 3.05) is 5.75 Å². The van der Waals surface area contributed by atoms with Crippen LogP contribution in [0.4, 0.5) is 0 Å². The van der Waals surface area contributed by atoms with Crippen molar-refractivity contribution in [3.8, 4) is 0 Å². The summed E-state index contributed by atoms with van der Waals surface area (Å²) in [7, 11) is 0. The van der Waals surface area contributed by atoms with Crippen LogP contribution in [0.2, 0.25) is 0 Å². The normalized spacial score (nSPS) is 18.2. The molecule has 2 atom stereocenters. The molecule has 28 heavy (non-hydrogen) atoms. The van der Waals surface area contributed by atoms with E-state index in [4.69, 9.17) is 4.74 Å². The lowest BCUT2D eigenvalue weighted by atomic mass is 9.89. The minimum Gasteiger partial charge on any atom is -0.511 e. The summed E-state index contributed by atoms with van der Waals surface area (Å²) >= 11 is 5.28. The number of ether oxygens (including phenoxy) is 1. The third kappa shape index (κ3) is 4.47. The molecule has 2 aromatic rings. The topological polar surface area (TPSA) is 46.5 Å². The van der Waals surface area contributed by atoms with Crippen molar-refractivity contribution in [3.63, 3.8) is 0 Å². The van der Waals surface area contributed by atoms with Crippen LogP contribution in [0.3, 0.4) is 0 Å². The first-order valence-electron chi connectivity index (χ1n) is 9.36. The van der Waals surface area contributed by atoms with Gasteiger partial charge in [0.25, 0.3) is 0 Å². The number of aliphatic hydroxyl groups is 1. The van der Waals surface area contributed by atoms with Crippen molar-refractivity contribution in [1.82, 2.24) is 0 Å². The fourth-order valence-electron chi connectivity index (χ4n) is 3.68. The minimum atomic E-state index is -0.429. The van der Waals surface area contributed by atoms with Gasteiger partial charge >= 0.3 is 5.97 Å². The third-order valence-electron chi connectivity index (χ3n) is 5.05. The highest BCUT2D eigenvalue weighted by atomic mass is 79.9. The van der Waals surface area contributed by atoms with Gasteiger partial charge in [0.15, 0.2) is 0 Å². The Kier molecular flexibility index (Phi) is 6.56. The molecular formula is C23H25BrO3S. The lowest BCUT2D eigenvalue weighted by molar-refractivity contribution is -0.145. The van der Waals surface area contributed by atoms with Crippen LogP contribution in [0, 0.1) is 26.7 Å². The zero-order chi connectivity index (χ0) is 20.4. The van der Waals surface area contributed by atoms with E-state index in [-0.39, 0.29) is 17.8 Å². The number of thioether (sulfide) groups is 1. The summed E-state index contributed by atoms with van der Waals surface area (Å²) in [5.41, 5.74) is 4.20. The van der Waals surface area contributed by atoms with Crippen molar-refractivity contribution >= 4 is 39.2 Å². The van der Waals surface area contributed by atoms with Gasteiger partial charge in [0.2, 0.25) is 0 Å². The summed E-state index contributed by atoms with van der Waals surface area (Å²) in [6, 6.07) is 12.1. The number of hydrogen-bond donors (Lipinski definition) is 1. The van der Waals surface area contributed by atoms with Crippen LogP contribution in [0.5, 0.6) is 0 Å². The molecule has 0 radical (unpaired) electrons. The van der Waals surface area contributed by atoms with Gasteiger partial charge in [-0.2, -0.15) is 0 Å². The molecule has 1 N–H and O–H groups in total. The number of hydrogen-bond acceptors (Lipinski definition) is 4. The van der Waals surface area contributed by atoms with Gasteiger partial charge in [0, 0.05) is 27.5 Å². The second-order valence-electron chi connectivity index (χ2n) is 7.46. The van der Waals surface area contributed by atoms with Gasteiger partial charge in [0.1, 0.15) is 17.4 Å². The number of carbonyl (C=O) groups excluding carboxylic acids is 1. The van der Waals surface area contributed by atoms with E-state index < -0.39 is 5.97 Å². The van der Waals surface area contributed by atoms with Gasteiger partial charge in [0.05, 0.1) is 0 Å². The van der Waals surface area contributed by atoms with Gasteiger partial charge < -0.3 is 9.84 Å². The first-order valence-corrected chi connectivity index (χ1v) is 11.1. The van der Waals surface area contributed by atoms with Crippen molar-refractivity contribution in [2.24, 2.45) is 5.92 Å². The maximum absolute atomic E-state index is 12.8. The van der Waals surface area contributed by atoms with Crippen LogP contribution >= 0.6 is 27.7 Å². The fourth-order valence-corrected chi connectivity index (χ4v) is 5.34. The number of halogens is 1. The minimum absolute atomic E-state index is 0.116. The SMILES string of the molecule is Cc1cc(C)c(C2=C(O)CC(C(C)CSc3ccccc3Br)OC2=O)c(C)c1. The van der Waals surface area contributed by atoms with Crippen LogP contribution in [-0.2, 0) is 9.53 Å². The molecule has 0 bridgehead atoms. The number of benzene rings is 2. The van der Waals surface area contributed by atoms with Crippen molar-refractivity contribution < 1.29 is 14.6 Å². The predicted octanol–water partition coefficient (Wildman–Crippen LogP) is 6.39. The molecule has 0 saturated carbocycles. The van der Waals surface area contributed by atoms with Gasteiger partial charge in [-0.25, -0.2) is 4.79 Å². The van der Waals surface area contributed by atoms with Gasteiger partial charge in [-0.15, -0.1) is 11.8 Å². The Bertz CT molecular complexity index is 912. The average Bonchev–Trinajstić information content (AvgIpc) is 2.62. The zero-order valence-electron chi connectivity index (χ0n) is 16.6. The Balaban J connectivity index is 1.77. The number of aliphatic hydroxyl groups excluding tert-OH is 1. The molecule has 2 aromatic carbocycles. The maximum Gasteiger partial charge on any atom is 0.342 e. The molecule has 3 nitrogen and oxygen atoms in total. The van der Waals surface area contributed by atoms with E-state index in [2.05, 4.69) is 28.9 Å². The predicted molar refractivity (Wildman–Crippen MR) is 119 cm³/mol. The zero-order valence-corrected chi connectivity index (χ0v) is 19.0. The summed E-state index contributed by atoms with van der Waals surface area (Å²) in [6.45, 7) is 8.01. The molecule has 0 aromatic heterocycles. The molecule has 3 rings (SSSR count). The van der Waals surface area contributed by atoms with E-state index in [1.165, 1.54) is 0 Å². The quantitative estimate of drug-likeness (QED) is 0.414. The molecule has 0 amide bonds. The van der Waals surface area contributed by atoms with Crippen LogP contribution < -0.4 is 0 Å². The van der Waals surface area contributed by atoms with Crippen molar-refractivity contribution in [3.05, 3.63) is 68.9 Å². The summed E-state index contributed by atoms with van der Waals surface area (Å²) in [5, 5.41) is 10.7. The molecule has 0 saturated heterocycles. The monoisotopic (exact) mass is 460 g/mol. The Morgan fingerprint density at radius 2 is 1.86 bits per heavy atom. The first kappa shape index (κ1) is 21.0. The third-order valence-corrected chi connectivity index (χ3v) is 7.36. The average molecular weight is 461 g/mol. The summed E-state index contributed by atoms with van der Waals surface area (Å²) in [5.74, 6) is 0.617. The molecule has 148 valence electrons. The largest absolute Gasteiger partial charge is 0.511 e. The van der Waals surface area contributed by atoms with Crippen LogP contribution in [0.15, 0.2) is 51.5 Å². The summed E-state index contributed by atoms with van der Waals surface area (Å²) in [4.78, 5) is 13.9. The molecule has 1 heterocycles. The first-order chi connectivity index (χ1) is 13.3. The van der Waals surface area contributed by atoms with Gasteiger partial charge in [-0.3, -0.25) is 0 Å². The smallest absolute Gasteiger partial charge is 0.342 e. The highest BCUT2D eigenvalue weighted by Gasteiger charge is 2.34. The lowest BCUT2D eigenvalue weighted by Gasteiger charge is -2.29. The molecule has 5 heteroatoms. The Morgan fingerprint density at radius 1 is 1.21 bits per heavy atom. The highest BCUT2D eigenvalue weighted by molar-refractivity contribution is 9.10. The maximum atomic E-state index is 12.8. The molecular weight excluding hydrogens is 436 g/mol. The Hall–Kier alpha value is -1.72. The van der Waals surface area contributed by atoms with Crippen molar-refractivity contribution in [1.29, 1.82) is 0 Å². The van der Waals surface area contributed by atoms with E-state index >= 15 is 0 Å². The van der Waals surface area contributed by atoms with Gasteiger partial charge in [-0.05, 0) is 65.5 Å². The molecule has 1 aliphatic rings. The van der Waals surface area contributed by atoms with Crippen molar-refractivity contribution in [2.45, 2.75) is 45.1 Å². The fraction of sp³-hybridized carbons (Fsp3) is 0.348. The van der Waals surface area contributed by atoms with E-state index in [9.17, 15) is 9.90 Å². The van der Waals surface area contributed by atoms with E-state index in [0.29, 0.717) is 12.0 Å². The number of carbonyl (C=O) groups is 1. The van der Waals surface area contributed by atoms with Gasteiger partial charge in [-0.1, -0.05) is 36.8 Å². The number of cyclic esters (lactones) is 1. The molecule has 0 fully saturated rings. The van der Waals surface area contributed by atoms with E-state index in [0.717, 1.165) is 37.4 Å². The van der Waals surface area contributed by atoms with Crippen LogP contribution in [0.25, 0.3) is 5.57 Å². The molecule has 0 aliphatic carbocycles. The lowest BCUT2D eigenvalue weighted by Crippen LogP contribution is -2.32. The summed E-state index contributed by atoms with van der Waals surface area (Å²) in [6.07, 6.45) is 0.0307. The van der Waals surface area contributed by atoms with Crippen LogP contribution in [0.1, 0.15) is 35.6 Å². The highest BCUT2D eigenvalue weighted by Crippen LogP contribution is 2.36. The second-order valence-corrected chi connectivity index (χ2v) is 9.38.